The second-order valence-electron chi connectivity index (χ2n) is 7.21. The van der Waals surface area contributed by atoms with E-state index < -0.39 is 0 Å². The second-order valence-corrected chi connectivity index (χ2v) is 8.13. The summed E-state index contributed by atoms with van der Waals surface area (Å²) in [6.45, 7) is 4.24. The smallest absolute Gasteiger partial charge is 0.254 e. The highest BCUT2D eigenvalue weighted by Crippen LogP contribution is 2.24. The Labute approximate surface area is 175 Å². The number of aromatic amines is 1. The fourth-order valence-corrected chi connectivity index (χ4v) is 3.61. The molecule has 2 aromatic carbocycles. The van der Waals surface area contributed by atoms with Crippen molar-refractivity contribution in [3.63, 3.8) is 0 Å². The minimum Gasteiger partial charge on any atom is -0.342 e. The summed E-state index contributed by atoms with van der Waals surface area (Å²) < 4.78 is 2.27. The van der Waals surface area contributed by atoms with E-state index in [4.69, 9.17) is 0 Å². The molecule has 8 nitrogen and oxygen atoms in total. The first-order valence-electron chi connectivity index (χ1n) is 9.29. The first kappa shape index (κ1) is 19.3. The molecule has 0 fully saturated rings. The van der Waals surface area contributed by atoms with Gasteiger partial charge in [0.25, 0.3) is 5.91 Å². The maximum atomic E-state index is 13.2. The lowest BCUT2D eigenvalue weighted by Crippen LogP contribution is -2.31. The number of aromatic nitrogens is 6. The number of tetrazole rings is 1. The Kier molecular flexibility index (Phi) is 5.39. The first-order valence-corrected chi connectivity index (χ1v) is 10.1. The number of amides is 1. The summed E-state index contributed by atoms with van der Waals surface area (Å²) in [4.78, 5) is 21.3. The Morgan fingerprint density at radius 3 is 2.79 bits per heavy atom. The van der Waals surface area contributed by atoms with Crippen molar-refractivity contribution in [3.05, 3.63) is 64.7 Å². The molecule has 0 saturated heterocycles. The Hall–Kier alpha value is -3.07. The SMILES string of the molecule is CC(C)C[C@H](NC(=O)c1cc(Br)ccc1-n1cnnn1)c1nc2ccccc2[nH]1. The van der Waals surface area contributed by atoms with Crippen LogP contribution in [0.4, 0.5) is 0 Å². The largest absolute Gasteiger partial charge is 0.342 e. The van der Waals surface area contributed by atoms with Crippen molar-refractivity contribution < 1.29 is 4.79 Å². The number of carbonyl (C=O) groups is 1. The van der Waals surface area contributed by atoms with Crippen LogP contribution >= 0.6 is 15.9 Å². The number of para-hydroxylation sites is 2. The molecule has 0 spiro atoms. The molecule has 0 bridgehead atoms. The van der Waals surface area contributed by atoms with E-state index >= 15 is 0 Å². The van der Waals surface area contributed by atoms with Crippen molar-refractivity contribution in [1.82, 2.24) is 35.5 Å². The highest BCUT2D eigenvalue weighted by molar-refractivity contribution is 9.10. The van der Waals surface area contributed by atoms with E-state index in [0.29, 0.717) is 17.2 Å². The van der Waals surface area contributed by atoms with Crippen molar-refractivity contribution in [1.29, 1.82) is 0 Å². The van der Waals surface area contributed by atoms with Gasteiger partial charge in [0.15, 0.2) is 0 Å². The van der Waals surface area contributed by atoms with Gasteiger partial charge in [-0.3, -0.25) is 4.79 Å². The zero-order valence-corrected chi connectivity index (χ0v) is 17.6. The van der Waals surface area contributed by atoms with Crippen molar-refractivity contribution in [3.8, 4) is 5.69 Å². The number of rotatable bonds is 6. The van der Waals surface area contributed by atoms with Crippen molar-refractivity contribution in [2.75, 3.05) is 0 Å². The topological polar surface area (TPSA) is 101 Å². The lowest BCUT2D eigenvalue weighted by molar-refractivity contribution is 0.0930. The molecule has 0 radical (unpaired) electrons. The molecule has 2 aromatic heterocycles. The molecule has 1 amide bonds. The zero-order valence-electron chi connectivity index (χ0n) is 16.0. The fraction of sp³-hybridized carbons (Fsp3) is 0.250. The van der Waals surface area contributed by atoms with Crippen LogP contribution in [-0.2, 0) is 0 Å². The predicted molar refractivity (Wildman–Crippen MR) is 113 cm³/mol. The quantitative estimate of drug-likeness (QED) is 0.461. The molecule has 4 rings (SSSR count). The first-order chi connectivity index (χ1) is 14.0. The van der Waals surface area contributed by atoms with E-state index in [-0.39, 0.29) is 11.9 Å². The maximum Gasteiger partial charge on any atom is 0.254 e. The van der Waals surface area contributed by atoms with Gasteiger partial charge in [0.2, 0.25) is 0 Å². The Bertz CT molecular complexity index is 1100. The van der Waals surface area contributed by atoms with E-state index in [1.54, 1.807) is 12.1 Å². The Morgan fingerprint density at radius 1 is 1.24 bits per heavy atom. The third-order valence-electron chi connectivity index (χ3n) is 4.55. The summed E-state index contributed by atoms with van der Waals surface area (Å²) in [7, 11) is 0. The third kappa shape index (κ3) is 4.19. The number of fused-ring (bicyclic) bond motifs is 1. The Morgan fingerprint density at radius 2 is 2.07 bits per heavy atom. The summed E-state index contributed by atoms with van der Waals surface area (Å²) in [5.74, 6) is 0.894. The van der Waals surface area contributed by atoms with Gasteiger partial charge in [0.1, 0.15) is 12.2 Å². The molecule has 0 aliphatic carbocycles. The van der Waals surface area contributed by atoms with E-state index in [1.807, 2.05) is 30.3 Å². The predicted octanol–water partition coefficient (Wildman–Crippen LogP) is 3.82. The van der Waals surface area contributed by atoms with Crippen molar-refractivity contribution in [2.24, 2.45) is 5.92 Å². The molecule has 2 N–H and O–H groups in total. The molecule has 9 heteroatoms. The van der Waals surface area contributed by atoms with Gasteiger partial charge in [-0.05, 0) is 53.1 Å². The molecule has 0 saturated carbocycles. The number of imidazole rings is 1. The number of hydrogen-bond acceptors (Lipinski definition) is 5. The molecule has 0 unspecified atom stereocenters. The molecule has 4 aromatic rings. The summed E-state index contributed by atoms with van der Waals surface area (Å²) in [6.07, 6.45) is 2.21. The number of carbonyl (C=O) groups excluding carboxylic acids is 1. The summed E-state index contributed by atoms with van der Waals surface area (Å²) >= 11 is 3.44. The van der Waals surface area contributed by atoms with Gasteiger partial charge in [-0.2, -0.15) is 4.68 Å². The molecular weight excluding hydrogens is 434 g/mol. The Balaban J connectivity index is 1.68. The molecule has 1 atom stereocenters. The summed E-state index contributed by atoms with van der Waals surface area (Å²) in [5.41, 5.74) is 2.89. The minimum atomic E-state index is -0.254. The summed E-state index contributed by atoms with van der Waals surface area (Å²) in [5, 5.41) is 14.4. The van der Waals surface area contributed by atoms with Gasteiger partial charge >= 0.3 is 0 Å². The van der Waals surface area contributed by atoms with Gasteiger partial charge in [-0.25, -0.2) is 4.98 Å². The summed E-state index contributed by atoms with van der Waals surface area (Å²) in [6, 6.07) is 13.0. The van der Waals surface area contributed by atoms with Gasteiger partial charge in [-0.1, -0.05) is 41.9 Å². The maximum absolute atomic E-state index is 13.2. The van der Waals surface area contributed by atoms with Gasteiger partial charge in [0.05, 0.1) is 28.3 Å². The van der Waals surface area contributed by atoms with Crippen LogP contribution in [0.3, 0.4) is 0 Å². The van der Waals surface area contributed by atoms with Crippen molar-refractivity contribution in [2.45, 2.75) is 26.3 Å². The van der Waals surface area contributed by atoms with E-state index in [9.17, 15) is 4.79 Å². The molecule has 0 aliphatic rings. The highest BCUT2D eigenvalue weighted by Gasteiger charge is 2.23. The van der Waals surface area contributed by atoms with Crippen LogP contribution in [0.1, 0.15) is 42.5 Å². The van der Waals surface area contributed by atoms with Gasteiger partial charge in [-0.15, -0.1) is 5.10 Å². The normalized spacial score (nSPS) is 12.4. The minimum absolute atomic E-state index is 0.220. The third-order valence-corrected chi connectivity index (χ3v) is 5.04. The van der Waals surface area contributed by atoms with Crippen molar-refractivity contribution >= 4 is 32.9 Å². The van der Waals surface area contributed by atoms with Crippen LogP contribution in [0.5, 0.6) is 0 Å². The lowest BCUT2D eigenvalue weighted by atomic mass is 10.0. The monoisotopic (exact) mass is 453 g/mol. The molecule has 0 aliphatic heterocycles. The molecular formula is C20H20BrN7O. The molecule has 2 heterocycles. The molecule has 29 heavy (non-hydrogen) atoms. The van der Waals surface area contributed by atoms with Crippen LogP contribution in [0.15, 0.2) is 53.3 Å². The zero-order chi connectivity index (χ0) is 20.4. The lowest BCUT2D eigenvalue weighted by Gasteiger charge is -2.19. The van der Waals surface area contributed by atoms with E-state index in [0.717, 1.165) is 27.8 Å². The van der Waals surface area contributed by atoms with Crippen LogP contribution in [-0.4, -0.2) is 36.1 Å². The van der Waals surface area contributed by atoms with Crippen LogP contribution in [0, 0.1) is 5.92 Å². The van der Waals surface area contributed by atoms with Crippen LogP contribution in [0.25, 0.3) is 16.7 Å². The number of nitrogens with one attached hydrogen (secondary N) is 2. The second kappa shape index (κ2) is 8.12. The number of benzene rings is 2. The van der Waals surface area contributed by atoms with Crippen LogP contribution in [0.2, 0.25) is 0 Å². The standard InChI is InChI=1S/C20H20BrN7O/c1-12(2)9-17(19-23-15-5-3-4-6-16(15)24-19)25-20(29)14-10-13(21)7-8-18(14)28-11-22-26-27-28/h3-8,10-12,17H,9H2,1-2H3,(H,23,24)(H,25,29)/t17-/m0/s1. The average molecular weight is 454 g/mol. The van der Waals surface area contributed by atoms with Crippen LogP contribution < -0.4 is 5.32 Å². The number of hydrogen-bond donors (Lipinski definition) is 2. The highest BCUT2D eigenvalue weighted by atomic mass is 79.9. The number of halogens is 1. The number of nitrogens with zero attached hydrogens (tertiary/aromatic N) is 5. The van der Waals surface area contributed by atoms with Gasteiger partial charge < -0.3 is 10.3 Å². The average Bonchev–Trinajstić information content (AvgIpc) is 3.36. The van der Waals surface area contributed by atoms with Gasteiger partial charge in [0, 0.05) is 4.47 Å². The molecule has 148 valence electrons. The van der Waals surface area contributed by atoms with E-state index in [2.05, 4.69) is 60.6 Å². The number of H-pyrrole nitrogens is 1. The van der Waals surface area contributed by atoms with E-state index in [1.165, 1.54) is 11.0 Å². The fourth-order valence-electron chi connectivity index (χ4n) is 3.25.